The highest BCUT2D eigenvalue weighted by atomic mass is 79.9. The Morgan fingerprint density at radius 2 is 2.06 bits per heavy atom. The second-order valence-corrected chi connectivity index (χ2v) is 3.92. The summed E-state index contributed by atoms with van der Waals surface area (Å²) in [6.07, 6.45) is -4.97. The van der Waals surface area contributed by atoms with E-state index in [1.54, 1.807) is 0 Å². The first-order valence-corrected chi connectivity index (χ1v) is 5.49. The lowest BCUT2D eigenvalue weighted by Gasteiger charge is -2.13. The Bertz CT molecular complexity index is 459. The quantitative estimate of drug-likeness (QED) is 0.865. The van der Waals surface area contributed by atoms with Crippen LogP contribution < -0.4 is 4.74 Å². The number of carbonyl (C=O) groups is 1. The Balaban J connectivity index is 3.21. The molecule has 1 aromatic rings. The van der Waals surface area contributed by atoms with Crippen LogP contribution in [0, 0.1) is 0 Å². The Morgan fingerprint density at radius 3 is 2.56 bits per heavy atom. The molecule has 1 rings (SSSR count). The van der Waals surface area contributed by atoms with Crippen LogP contribution >= 0.6 is 15.9 Å². The third-order valence-electron chi connectivity index (χ3n) is 1.77. The molecular formula is C10H8BrF3O4. The summed E-state index contributed by atoms with van der Waals surface area (Å²) in [6.45, 7) is 1.51. The van der Waals surface area contributed by atoms with E-state index < -0.39 is 29.4 Å². The lowest BCUT2D eigenvalue weighted by molar-refractivity contribution is -0.274. The van der Waals surface area contributed by atoms with Crippen molar-refractivity contribution in [1.29, 1.82) is 0 Å². The lowest BCUT2D eigenvalue weighted by Crippen LogP contribution is -2.19. The van der Waals surface area contributed by atoms with Gasteiger partial charge in [0.15, 0.2) is 0 Å². The molecule has 1 aromatic carbocycles. The molecule has 0 saturated carbocycles. The van der Waals surface area contributed by atoms with E-state index in [9.17, 15) is 23.1 Å². The molecule has 0 aliphatic rings. The fourth-order valence-electron chi connectivity index (χ4n) is 1.12. The zero-order chi connectivity index (χ0) is 13.9. The molecule has 100 valence electrons. The molecule has 0 bridgehead atoms. The molecule has 0 aliphatic carbocycles. The second kappa shape index (κ2) is 5.47. The van der Waals surface area contributed by atoms with Crippen LogP contribution in [0.3, 0.4) is 0 Å². The summed E-state index contributed by atoms with van der Waals surface area (Å²) in [4.78, 5) is 11.4. The van der Waals surface area contributed by atoms with Gasteiger partial charge in [-0.3, -0.25) is 0 Å². The number of hydrogen-bond donors (Lipinski definition) is 1. The van der Waals surface area contributed by atoms with Crippen LogP contribution in [0.4, 0.5) is 13.2 Å². The van der Waals surface area contributed by atoms with Crippen molar-refractivity contribution in [2.45, 2.75) is 13.3 Å². The molecule has 0 amide bonds. The molecule has 0 atom stereocenters. The van der Waals surface area contributed by atoms with Gasteiger partial charge in [0, 0.05) is 6.07 Å². The van der Waals surface area contributed by atoms with Crippen molar-refractivity contribution in [2.75, 3.05) is 6.61 Å². The Labute approximate surface area is 108 Å². The summed E-state index contributed by atoms with van der Waals surface area (Å²) in [5.41, 5.74) is -0.432. The number of esters is 1. The van der Waals surface area contributed by atoms with E-state index in [-0.39, 0.29) is 11.1 Å². The molecule has 4 nitrogen and oxygen atoms in total. The summed E-state index contributed by atoms with van der Waals surface area (Å²) < 4.78 is 44.7. The molecule has 0 heterocycles. The Morgan fingerprint density at radius 1 is 1.44 bits per heavy atom. The second-order valence-electron chi connectivity index (χ2n) is 3.07. The van der Waals surface area contributed by atoms with E-state index in [1.165, 1.54) is 6.92 Å². The van der Waals surface area contributed by atoms with Gasteiger partial charge >= 0.3 is 12.3 Å². The van der Waals surface area contributed by atoms with Crippen molar-refractivity contribution in [2.24, 2.45) is 0 Å². The van der Waals surface area contributed by atoms with Crippen LogP contribution in [0.5, 0.6) is 11.5 Å². The normalized spacial score (nSPS) is 11.2. The van der Waals surface area contributed by atoms with Gasteiger partial charge in [-0.15, -0.1) is 13.2 Å². The summed E-state index contributed by atoms with van der Waals surface area (Å²) >= 11 is 2.88. The summed E-state index contributed by atoms with van der Waals surface area (Å²) in [5.74, 6) is -2.28. The van der Waals surface area contributed by atoms with Crippen LogP contribution in [-0.4, -0.2) is 24.0 Å². The topological polar surface area (TPSA) is 55.8 Å². The number of rotatable bonds is 3. The number of aromatic hydroxyl groups is 1. The molecular weight excluding hydrogens is 321 g/mol. The van der Waals surface area contributed by atoms with E-state index >= 15 is 0 Å². The van der Waals surface area contributed by atoms with E-state index in [4.69, 9.17) is 0 Å². The van der Waals surface area contributed by atoms with Gasteiger partial charge in [-0.1, -0.05) is 0 Å². The largest absolute Gasteiger partial charge is 0.573 e. The fourth-order valence-corrected chi connectivity index (χ4v) is 1.46. The minimum absolute atomic E-state index is 0.00276. The predicted molar refractivity (Wildman–Crippen MR) is 58.4 cm³/mol. The van der Waals surface area contributed by atoms with E-state index in [0.717, 1.165) is 6.07 Å². The molecule has 18 heavy (non-hydrogen) atoms. The number of alkyl halides is 3. The number of ether oxygens (including phenoxy) is 2. The molecule has 0 saturated heterocycles. The molecule has 0 spiro atoms. The molecule has 0 aliphatic heterocycles. The van der Waals surface area contributed by atoms with E-state index in [0.29, 0.717) is 6.07 Å². The highest BCUT2D eigenvalue weighted by molar-refractivity contribution is 9.10. The van der Waals surface area contributed by atoms with Crippen LogP contribution in [0.15, 0.2) is 16.6 Å². The summed E-state index contributed by atoms with van der Waals surface area (Å²) in [7, 11) is 0. The van der Waals surface area contributed by atoms with Gasteiger partial charge in [-0.25, -0.2) is 4.79 Å². The summed E-state index contributed by atoms with van der Waals surface area (Å²) in [5, 5.41) is 9.29. The molecule has 1 N–H and O–H groups in total. The monoisotopic (exact) mass is 328 g/mol. The number of benzene rings is 1. The standard InChI is InChI=1S/C10H8BrF3O4/c1-2-17-9(16)5-3-6(11)7(15)4-8(5)18-10(12,13)14/h3-4,15H,2H2,1H3. The zero-order valence-corrected chi connectivity index (χ0v) is 10.6. The van der Waals surface area contributed by atoms with Gasteiger partial charge in [-0.2, -0.15) is 0 Å². The highest BCUT2D eigenvalue weighted by Crippen LogP contribution is 2.35. The van der Waals surface area contributed by atoms with Gasteiger partial charge in [0.25, 0.3) is 0 Å². The Kier molecular flexibility index (Phi) is 4.44. The van der Waals surface area contributed by atoms with Gasteiger partial charge in [0.2, 0.25) is 0 Å². The maximum atomic E-state index is 12.1. The van der Waals surface area contributed by atoms with Crippen molar-refractivity contribution in [3.63, 3.8) is 0 Å². The first kappa shape index (κ1) is 14.6. The van der Waals surface area contributed by atoms with Crippen molar-refractivity contribution < 1.29 is 32.5 Å². The fraction of sp³-hybridized carbons (Fsp3) is 0.300. The van der Waals surface area contributed by atoms with Gasteiger partial charge in [-0.05, 0) is 28.9 Å². The third kappa shape index (κ3) is 3.80. The van der Waals surface area contributed by atoms with Crippen LogP contribution in [0.25, 0.3) is 0 Å². The maximum Gasteiger partial charge on any atom is 0.573 e. The number of phenols is 1. The maximum absolute atomic E-state index is 12.1. The average Bonchev–Trinajstić information content (AvgIpc) is 2.21. The lowest BCUT2D eigenvalue weighted by atomic mass is 10.2. The molecule has 0 radical (unpaired) electrons. The highest BCUT2D eigenvalue weighted by Gasteiger charge is 2.33. The predicted octanol–water partition coefficient (Wildman–Crippen LogP) is 3.23. The smallest absolute Gasteiger partial charge is 0.507 e. The number of halogens is 4. The minimum Gasteiger partial charge on any atom is -0.507 e. The van der Waals surface area contributed by atoms with Gasteiger partial charge in [0.05, 0.1) is 11.1 Å². The number of carbonyl (C=O) groups excluding carboxylic acids is 1. The van der Waals surface area contributed by atoms with Crippen LogP contribution in [0.2, 0.25) is 0 Å². The van der Waals surface area contributed by atoms with Crippen molar-refractivity contribution in [1.82, 2.24) is 0 Å². The van der Waals surface area contributed by atoms with Crippen molar-refractivity contribution in [3.05, 3.63) is 22.2 Å². The van der Waals surface area contributed by atoms with Gasteiger partial charge in [0.1, 0.15) is 17.1 Å². The SMILES string of the molecule is CCOC(=O)c1cc(Br)c(O)cc1OC(F)(F)F. The third-order valence-corrected chi connectivity index (χ3v) is 2.41. The molecule has 0 unspecified atom stereocenters. The first-order chi connectivity index (χ1) is 8.24. The van der Waals surface area contributed by atoms with E-state index in [1.807, 2.05) is 0 Å². The summed E-state index contributed by atoms with van der Waals surface area (Å²) in [6, 6.07) is 1.68. The van der Waals surface area contributed by atoms with Crippen LogP contribution in [-0.2, 0) is 4.74 Å². The van der Waals surface area contributed by atoms with E-state index in [2.05, 4.69) is 25.4 Å². The van der Waals surface area contributed by atoms with Crippen LogP contribution in [0.1, 0.15) is 17.3 Å². The first-order valence-electron chi connectivity index (χ1n) is 4.70. The Hall–Kier alpha value is -1.44. The minimum atomic E-state index is -4.97. The van der Waals surface area contributed by atoms with Crippen molar-refractivity contribution in [3.8, 4) is 11.5 Å². The van der Waals surface area contributed by atoms with Crippen molar-refractivity contribution >= 4 is 21.9 Å². The number of hydrogen-bond acceptors (Lipinski definition) is 4. The molecule has 0 aromatic heterocycles. The average molecular weight is 329 g/mol. The molecule has 8 heteroatoms. The van der Waals surface area contributed by atoms with Gasteiger partial charge < -0.3 is 14.6 Å². The molecule has 0 fully saturated rings. The number of phenolic OH excluding ortho intramolecular Hbond substituents is 1. The zero-order valence-electron chi connectivity index (χ0n) is 9.05.